The van der Waals surface area contributed by atoms with Crippen molar-refractivity contribution < 1.29 is 17.6 Å². The molecule has 0 radical (unpaired) electrons. The lowest BCUT2D eigenvalue weighted by Crippen LogP contribution is -2.30. The van der Waals surface area contributed by atoms with Crippen LogP contribution in [-0.4, -0.2) is 25.9 Å². The van der Waals surface area contributed by atoms with Crippen LogP contribution in [0.15, 0.2) is 70.3 Å². The highest BCUT2D eigenvalue weighted by Crippen LogP contribution is 2.23. The molecule has 0 aliphatic heterocycles. The second kappa shape index (κ2) is 9.45. The number of aromatic nitrogens is 1. The van der Waals surface area contributed by atoms with Crippen LogP contribution < -0.4 is 10.0 Å². The van der Waals surface area contributed by atoms with Gasteiger partial charge in [-0.1, -0.05) is 32.9 Å². The number of hydrogen-bond donors (Lipinski definition) is 2. The molecule has 0 atom stereocenters. The molecule has 1 aromatic carbocycles. The number of sulfonamides is 1. The maximum atomic E-state index is 12.4. The number of nitrogens with zero attached hydrogens (tertiary/aromatic N) is 1. The minimum absolute atomic E-state index is 0.0170. The van der Waals surface area contributed by atoms with Crippen LogP contribution in [0.1, 0.15) is 38.3 Å². The first-order valence-corrected chi connectivity index (χ1v) is 11.5. The first-order chi connectivity index (χ1) is 14.6. The van der Waals surface area contributed by atoms with Crippen molar-refractivity contribution in [1.29, 1.82) is 0 Å². The molecule has 0 spiro atoms. The summed E-state index contributed by atoms with van der Waals surface area (Å²) < 4.78 is 32.7. The van der Waals surface area contributed by atoms with Crippen LogP contribution in [0.4, 0.5) is 0 Å². The lowest BCUT2D eigenvalue weighted by atomic mass is 9.87. The molecule has 0 fully saturated rings. The molecule has 3 rings (SSSR count). The maximum Gasteiger partial charge on any atom is 0.240 e. The molecule has 7 nitrogen and oxygen atoms in total. The van der Waals surface area contributed by atoms with Crippen LogP contribution in [0.2, 0.25) is 0 Å². The summed E-state index contributed by atoms with van der Waals surface area (Å²) in [7, 11) is -3.66. The van der Waals surface area contributed by atoms with Gasteiger partial charge in [0.1, 0.15) is 5.69 Å². The fourth-order valence-electron chi connectivity index (χ4n) is 2.95. The van der Waals surface area contributed by atoms with Crippen molar-refractivity contribution in [1.82, 2.24) is 15.0 Å². The van der Waals surface area contributed by atoms with Crippen molar-refractivity contribution in [3.63, 3.8) is 0 Å². The molecule has 0 aliphatic carbocycles. The van der Waals surface area contributed by atoms with Gasteiger partial charge in [0.2, 0.25) is 15.9 Å². The van der Waals surface area contributed by atoms with E-state index in [1.807, 2.05) is 24.3 Å². The molecular formula is C23H27N3O4S. The average molecular weight is 442 g/mol. The van der Waals surface area contributed by atoms with E-state index in [1.54, 1.807) is 36.7 Å². The van der Waals surface area contributed by atoms with E-state index in [9.17, 15) is 13.2 Å². The summed E-state index contributed by atoms with van der Waals surface area (Å²) >= 11 is 0. The molecular weight excluding hydrogens is 414 g/mol. The van der Waals surface area contributed by atoms with Crippen molar-refractivity contribution in [2.45, 2.75) is 44.0 Å². The quantitative estimate of drug-likeness (QED) is 0.556. The number of benzene rings is 1. The van der Waals surface area contributed by atoms with Crippen molar-refractivity contribution in [3.05, 3.63) is 72.1 Å². The smallest absolute Gasteiger partial charge is 0.240 e. The molecule has 0 unspecified atom stereocenters. The third kappa shape index (κ3) is 6.26. The third-order valence-electron chi connectivity index (χ3n) is 4.76. The Morgan fingerprint density at radius 2 is 1.84 bits per heavy atom. The summed E-state index contributed by atoms with van der Waals surface area (Å²) in [5.74, 6) is 0.403. The summed E-state index contributed by atoms with van der Waals surface area (Å²) in [6, 6.07) is 14.0. The highest BCUT2D eigenvalue weighted by molar-refractivity contribution is 7.89. The molecule has 3 aromatic rings. The topological polar surface area (TPSA) is 101 Å². The van der Waals surface area contributed by atoms with Crippen LogP contribution in [-0.2, 0) is 26.8 Å². The maximum absolute atomic E-state index is 12.4. The van der Waals surface area contributed by atoms with Gasteiger partial charge in [0.15, 0.2) is 5.76 Å². The number of carbonyl (C=O) groups excluding carboxylic acids is 1. The van der Waals surface area contributed by atoms with Crippen molar-refractivity contribution >= 4 is 15.9 Å². The number of rotatable bonds is 8. The molecule has 2 heterocycles. The van der Waals surface area contributed by atoms with Crippen molar-refractivity contribution in [3.8, 4) is 11.5 Å². The Morgan fingerprint density at radius 3 is 2.48 bits per heavy atom. The Labute approximate surface area is 183 Å². The molecule has 2 N–H and O–H groups in total. The van der Waals surface area contributed by atoms with E-state index in [1.165, 1.54) is 0 Å². The van der Waals surface area contributed by atoms with E-state index in [2.05, 4.69) is 35.8 Å². The molecule has 0 aliphatic rings. The minimum Gasteiger partial charge on any atom is -0.463 e. The number of nitrogens with one attached hydrogen (secondary N) is 2. The summed E-state index contributed by atoms with van der Waals surface area (Å²) in [6.07, 6.45) is 3.26. The lowest BCUT2D eigenvalue weighted by Gasteiger charge is -2.19. The van der Waals surface area contributed by atoms with Gasteiger partial charge in [0.05, 0.1) is 11.2 Å². The summed E-state index contributed by atoms with van der Waals surface area (Å²) in [5, 5.41) is 2.79. The number of carbonyl (C=O) groups is 1. The Morgan fingerprint density at radius 1 is 1.10 bits per heavy atom. The largest absolute Gasteiger partial charge is 0.463 e. The number of amides is 1. The van der Waals surface area contributed by atoms with Gasteiger partial charge < -0.3 is 9.73 Å². The van der Waals surface area contributed by atoms with Gasteiger partial charge in [-0.15, -0.1) is 0 Å². The van der Waals surface area contributed by atoms with Gasteiger partial charge in [0, 0.05) is 25.7 Å². The van der Waals surface area contributed by atoms with Crippen LogP contribution in [0.25, 0.3) is 11.5 Å². The third-order valence-corrected chi connectivity index (χ3v) is 6.24. The van der Waals surface area contributed by atoms with E-state index in [0.29, 0.717) is 18.0 Å². The van der Waals surface area contributed by atoms with E-state index in [0.717, 1.165) is 11.1 Å². The van der Waals surface area contributed by atoms with Crippen molar-refractivity contribution in [2.24, 2.45) is 0 Å². The van der Waals surface area contributed by atoms with Gasteiger partial charge in [-0.25, -0.2) is 13.1 Å². The Balaban J connectivity index is 1.48. The zero-order chi connectivity index (χ0) is 22.5. The standard InChI is InChI=1S/C23H27N3O4S/c1-23(2,3)18-6-8-19(9-7-18)31(28,29)26-13-11-22(27)25-16-17-10-12-24-20(15-17)21-5-4-14-30-21/h4-10,12,14-15,26H,11,13,16H2,1-3H3,(H,25,27). The van der Waals surface area contributed by atoms with Gasteiger partial charge in [-0.3, -0.25) is 9.78 Å². The highest BCUT2D eigenvalue weighted by atomic mass is 32.2. The molecule has 1 amide bonds. The summed E-state index contributed by atoms with van der Waals surface area (Å²) in [4.78, 5) is 16.6. The predicted octanol–water partition coefficient (Wildman–Crippen LogP) is 3.62. The Bertz CT molecular complexity index is 1120. The molecule has 164 valence electrons. The summed E-state index contributed by atoms with van der Waals surface area (Å²) in [5.41, 5.74) is 2.55. The average Bonchev–Trinajstić information content (AvgIpc) is 3.27. The van der Waals surface area contributed by atoms with Gasteiger partial charge in [-0.2, -0.15) is 0 Å². The molecule has 8 heteroatoms. The Hall–Kier alpha value is -2.97. The molecule has 0 saturated heterocycles. The van der Waals surface area contributed by atoms with Crippen molar-refractivity contribution in [2.75, 3.05) is 6.54 Å². The first-order valence-electron chi connectivity index (χ1n) is 10.0. The van der Waals surface area contributed by atoms with E-state index in [4.69, 9.17) is 4.42 Å². The Kier molecular flexibility index (Phi) is 6.92. The molecule has 0 saturated carbocycles. The fraction of sp³-hybridized carbons (Fsp3) is 0.304. The SMILES string of the molecule is CC(C)(C)c1ccc(S(=O)(=O)NCCC(=O)NCc2ccnc(-c3ccco3)c2)cc1. The molecule has 2 aromatic heterocycles. The minimum atomic E-state index is -3.66. The van der Waals surface area contributed by atoms with E-state index >= 15 is 0 Å². The number of hydrogen-bond acceptors (Lipinski definition) is 5. The lowest BCUT2D eigenvalue weighted by molar-refractivity contribution is -0.121. The van der Waals surface area contributed by atoms with Crippen LogP contribution in [0.3, 0.4) is 0 Å². The molecule has 31 heavy (non-hydrogen) atoms. The van der Waals surface area contributed by atoms with Gasteiger partial charge in [-0.05, 0) is 52.9 Å². The monoisotopic (exact) mass is 441 g/mol. The zero-order valence-corrected chi connectivity index (χ0v) is 18.7. The fourth-order valence-corrected chi connectivity index (χ4v) is 3.98. The zero-order valence-electron chi connectivity index (χ0n) is 17.9. The van der Waals surface area contributed by atoms with Gasteiger partial charge >= 0.3 is 0 Å². The number of furan rings is 1. The normalized spacial score (nSPS) is 12.0. The van der Waals surface area contributed by atoms with E-state index in [-0.39, 0.29) is 29.2 Å². The molecule has 0 bridgehead atoms. The van der Waals surface area contributed by atoms with Gasteiger partial charge in [0.25, 0.3) is 0 Å². The van der Waals surface area contributed by atoms with E-state index < -0.39 is 10.0 Å². The van der Waals surface area contributed by atoms with Crippen LogP contribution >= 0.6 is 0 Å². The first kappa shape index (κ1) is 22.7. The predicted molar refractivity (Wildman–Crippen MR) is 119 cm³/mol. The second-order valence-corrected chi connectivity index (χ2v) is 9.99. The number of pyridine rings is 1. The van der Waals surface area contributed by atoms with Crippen LogP contribution in [0, 0.1) is 0 Å². The summed E-state index contributed by atoms with van der Waals surface area (Å²) in [6.45, 7) is 6.53. The highest BCUT2D eigenvalue weighted by Gasteiger charge is 2.17. The second-order valence-electron chi connectivity index (χ2n) is 8.23. The van der Waals surface area contributed by atoms with Crippen LogP contribution in [0.5, 0.6) is 0 Å².